The first kappa shape index (κ1) is 21.1. The van der Waals surface area contributed by atoms with E-state index < -0.39 is 21.7 Å². The lowest BCUT2D eigenvalue weighted by molar-refractivity contribution is 0.102. The van der Waals surface area contributed by atoms with Crippen LogP contribution in [-0.4, -0.2) is 28.5 Å². The molecular formula is C21H19FN2O5S. The molecule has 3 aromatic rings. The maximum Gasteiger partial charge on any atom is 0.261 e. The van der Waals surface area contributed by atoms with Crippen LogP contribution in [0.15, 0.2) is 71.6 Å². The van der Waals surface area contributed by atoms with Gasteiger partial charge in [0, 0.05) is 11.6 Å². The lowest BCUT2D eigenvalue weighted by Crippen LogP contribution is -2.15. The van der Waals surface area contributed by atoms with Crippen molar-refractivity contribution in [2.45, 2.75) is 4.90 Å². The number of hydrogen-bond donors (Lipinski definition) is 2. The van der Waals surface area contributed by atoms with E-state index >= 15 is 0 Å². The van der Waals surface area contributed by atoms with Gasteiger partial charge in [0.05, 0.1) is 30.5 Å². The molecule has 0 fully saturated rings. The largest absolute Gasteiger partial charge is 0.497 e. The van der Waals surface area contributed by atoms with Crippen LogP contribution in [-0.2, 0) is 10.0 Å². The van der Waals surface area contributed by atoms with Crippen molar-refractivity contribution in [1.29, 1.82) is 0 Å². The second-order valence-corrected chi connectivity index (χ2v) is 7.81. The van der Waals surface area contributed by atoms with Gasteiger partial charge in [-0.3, -0.25) is 9.52 Å². The van der Waals surface area contributed by atoms with Gasteiger partial charge in [-0.05, 0) is 48.5 Å². The minimum atomic E-state index is -4.02. The first-order valence-electron chi connectivity index (χ1n) is 8.75. The number of sulfonamides is 1. The number of benzene rings is 3. The van der Waals surface area contributed by atoms with Crippen molar-refractivity contribution in [1.82, 2.24) is 0 Å². The van der Waals surface area contributed by atoms with E-state index in [1.54, 1.807) is 18.2 Å². The summed E-state index contributed by atoms with van der Waals surface area (Å²) in [6.07, 6.45) is 0. The summed E-state index contributed by atoms with van der Waals surface area (Å²) >= 11 is 0. The van der Waals surface area contributed by atoms with Crippen LogP contribution in [0.5, 0.6) is 11.5 Å². The molecule has 3 aromatic carbocycles. The highest BCUT2D eigenvalue weighted by molar-refractivity contribution is 7.92. The summed E-state index contributed by atoms with van der Waals surface area (Å²) in [4.78, 5) is 12.4. The zero-order valence-electron chi connectivity index (χ0n) is 16.2. The predicted octanol–water partition coefficient (Wildman–Crippen LogP) is 3.90. The molecule has 2 N–H and O–H groups in total. The van der Waals surface area contributed by atoms with E-state index in [-0.39, 0.29) is 16.1 Å². The van der Waals surface area contributed by atoms with Crippen LogP contribution in [0.1, 0.15) is 10.4 Å². The summed E-state index contributed by atoms with van der Waals surface area (Å²) in [5, 5.41) is 2.70. The number of rotatable bonds is 7. The first-order valence-corrected chi connectivity index (χ1v) is 10.2. The number of carbonyl (C=O) groups is 1. The summed E-state index contributed by atoms with van der Waals surface area (Å²) < 4.78 is 51.2. The van der Waals surface area contributed by atoms with Crippen molar-refractivity contribution in [3.63, 3.8) is 0 Å². The van der Waals surface area contributed by atoms with Crippen molar-refractivity contribution in [3.8, 4) is 11.5 Å². The zero-order chi connectivity index (χ0) is 21.7. The Morgan fingerprint density at radius 1 is 0.900 bits per heavy atom. The van der Waals surface area contributed by atoms with Crippen LogP contribution in [0.4, 0.5) is 15.8 Å². The van der Waals surface area contributed by atoms with Crippen LogP contribution in [0, 0.1) is 5.82 Å². The van der Waals surface area contributed by atoms with E-state index in [0.29, 0.717) is 17.2 Å². The number of methoxy groups -OCH3 is 2. The van der Waals surface area contributed by atoms with E-state index in [4.69, 9.17) is 9.47 Å². The fourth-order valence-electron chi connectivity index (χ4n) is 2.64. The van der Waals surface area contributed by atoms with Gasteiger partial charge in [0.2, 0.25) is 0 Å². The Morgan fingerprint density at radius 3 is 2.23 bits per heavy atom. The molecule has 0 aliphatic carbocycles. The first-order chi connectivity index (χ1) is 14.3. The molecule has 3 rings (SSSR count). The number of halogens is 1. The molecule has 0 heterocycles. The lowest BCUT2D eigenvalue weighted by atomic mass is 10.2. The summed E-state index contributed by atoms with van der Waals surface area (Å²) in [7, 11) is -1.04. The summed E-state index contributed by atoms with van der Waals surface area (Å²) in [6.45, 7) is 0. The molecule has 1 amide bonds. The maximum atomic E-state index is 13.7. The van der Waals surface area contributed by atoms with Crippen molar-refractivity contribution >= 4 is 27.3 Å². The normalized spacial score (nSPS) is 10.9. The molecule has 0 saturated heterocycles. The van der Waals surface area contributed by atoms with Crippen molar-refractivity contribution in [3.05, 3.63) is 78.1 Å². The summed E-state index contributed by atoms with van der Waals surface area (Å²) in [5.74, 6) is -0.180. The fraction of sp³-hybridized carbons (Fsp3) is 0.0952. The molecule has 0 aromatic heterocycles. The van der Waals surface area contributed by atoms with E-state index in [1.807, 2.05) is 0 Å². The van der Waals surface area contributed by atoms with Gasteiger partial charge in [0.15, 0.2) is 0 Å². The van der Waals surface area contributed by atoms with Crippen LogP contribution < -0.4 is 19.5 Å². The van der Waals surface area contributed by atoms with Gasteiger partial charge in [-0.2, -0.15) is 0 Å². The second kappa shape index (κ2) is 8.83. The van der Waals surface area contributed by atoms with Gasteiger partial charge in [0.1, 0.15) is 17.3 Å². The molecule has 0 aliphatic heterocycles. The number of amides is 1. The Labute approximate surface area is 173 Å². The maximum absolute atomic E-state index is 13.7. The molecule has 0 spiro atoms. The Morgan fingerprint density at radius 2 is 1.60 bits per heavy atom. The van der Waals surface area contributed by atoms with Crippen LogP contribution in [0.2, 0.25) is 0 Å². The molecule has 7 nitrogen and oxygen atoms in total. The van der Waals surface area contributed by atoms with Crippen LogP contribution in [0.25, 0.3) is 0 Å². The van der Waals surface area contributed by atoms with Gasteiger partial charge < -0.3 is 14.8 Å². The molecular weight excluding hydrogens is 411 g/mol. The third kappa shape index (κ3) is 4.69. The third-order valence-corrected chi connectivity index (χ3v) is 5.58. The van der Waals surface area contributed by atoms with Gasteiger partial charge in [-0.25, -0.2) is 12.8 Å². The summed E-state index contributed by atoms with van der Waals surface area (Å²) in [6, 6.07) is 15.6. The highest BCUT2D eigenvalue weighted by Crippen LogP contribution is 2.29. The molecule has 30 heavy (non-hydrogen) atoms. The summed E-state index contributed by atoms with van der Waals surface area (Å²) in [5.41, 5.74) is 0.467. The molecule has 0 saturated carbocycles. The number of ether oxygens (including phenoxy) is 2. The average molecular weight is 430 g/mol. The molecule has 9 heteroatoms. The number of carbonyl (C=O) groups excluding carboxylic acids is 1. The number of nitrogens with one attached hydrogen (secondary N) is 2. The molecule has 0 aliphatic rings. The number of para-hydroxylation sites is 1. The minimum Gasteiger partial charge on any atom is -0.497 e. The highest BCUT2D eigenvalue weighted by Gasteiger charge is 2.17. The molecule has 0 atom stereocenters. The quantitative estimate of drug-likeness (QED) is 0.593. The standard InChI is InChI=1S/C21H19FN2O5S/c1-28-15-9-12-20(29-2)19(13-15)23-21(25)14-7-10-16(11-8-14)30(26,27)24-18-6-4-3-5-17(18)22/h3-13,24H,1-2H3,(H,23,25). The molecule has 156 valence electrons. The van der Waals surface area contributed by atoms with Gasteiger partial charge >= 0.3 is 0 Å². The number of anilines is 2. The zero-order valence-corrected chi connectivity index (χ0v) is 17.0. The molecule has 0 bridgehead atoms. The monoisotopic (exact) mass is 430 g/mol. The van der Waals surface area contributed by atoms with Crippen molar-refractivity contribution < 1.29 is 27.1 Å². The van der Waals surface area contributed by atoms with E-state index in [9.17, 15) is 17.6 Å². The van der Waals surface area contributed by atoms with E-state index in [0.717, 1.165) is 6.07 Å². The SMILES string of the molecule is COc1ccc(OC)c(NC(=O)c2ccc(S(=O)(=O)Nc3ccccc3F)cc2)c1. The van der Waals surface area contributed by atoms with Gasteiger partial charge in [-0.1, -0.05) is 12.1 Å². The highest BCUT2D eigenvalue weighted by atomic mass is 32.2. The average Bonchev–Trinajstić information content (AvgIpc) is 2.75. The van der Waals surface area contributed by atoms with Crippen molar-refractivity contribution in [2.75, 3.05) is 24.3 Å². The second-order valence-electron chi connectivity index (χ2n) is 6.13. The van der Waals surface area contributed by atoms with E-state index in [1.165, 1.54) is 56.7 Å². The van der Waals surface area contributed by atoms with Crippen LogP contribution in [0.3, 0.4) is 0 Å². The Kier molecular flexibility index (Phi) is 6.22. The third-order valence-electron chi connectivity index (χ3n) is 4.20. The molecule has 0 radical (unpaired) electrons. The van der Waals surface area contributed by atoms with Gasteiger partial charge in [-0.15, -0.1) is 0 Å². The van der Waals surface area contributed by atoms with Gasteiger partial charge in [0.25, 0.3) is 15.9 Å². The Balaban J connectivity index is 1.78. The molecule has 0 unspecified atom stereocenters. The number of hydrogen-bond acceptors (Lipinski definition) is 5. The van der Waals surface area contributed by atoms with Crippen LogP contribution >= 0.6 is 0 Å². The van der Waals surface area contributed by atoms with Crippen molar-refractivity contribution in [2.24, 2.45) is 0 Å². The smallest absolute Gasteiger partial charge is 0.261 e. The fourth-order valence-corrected chi connectivity index (χ4v) is 3.71. The lowest BCUT2D eigenvalue weighted by Gasteiger charge is -2.12. The predicted molar refractivity (Wildman–Crippen MR) is 111 cm³/mol. The minimum absolute atomic E-state index is 0.110. The Bertz CT molecular complexity index is 1160. The Hall–Kier alpha value is -3.59. The topological polar surface area (TPSA) is 93.7 Å². The van der Waals surface area contributed by atoms with E-state index in [2.05, 4.69) is 10.0 Å².